The van der Waals surface area contributed by atoms with Gasteiger partial charge < -0.3 is 10.1 Å². The largest absolute Gasteiger partial charge is 0.378 e. The van der Waals surface area contributed by atoms with Crippen LogP contribution in [0.25, 0.3) is 16.8 Å². The number of nitrogens with zero attached hydrogens (tertiary/aromatic N) is 6. The molecule has 0 unspecified atom stereocenters. The molecule has 0 atom stereocenters. The minimum atomic E-state index is -2.36. The fraction of sp³-hybridized carbons (Fsp3) is 0.520. The summed E-state index contributed by atoms with van der Waals surface area (Å²) in [5.74, 6) is 0.0105. The predicted octanol–water partition coefficient (Wildman–Crippen LogP) is 4.90. The summed E-state index contributed by atoms with van der Waals surface area (Å²) in [5.41, 5.74) is 3.02. The molecule has 0 radical (unpaired) electrons. The van der Waals surface area contributed by atoms with Crippen LogP contribution in [0.1, 0.15) is 39.7 Å². The van der Waals surface area contributed by atoms with E-state index in [4.69, 9.17) is 4.74 Å². The molecule has 36 heavy (non-hydrogen) atoms. The van der Waals surface area contributed by atoms with Crippen molar-refractivity contribution in [1.29, 1.82) is 0 Å². The normalized spacial score (nSPS) is 18.2. The van der Waals surface area contributed by atoms with Crippen LogP contribution >= 0.6 is 0 Å². The van der Waals surface area contributed by atoms with Gasteiger partial charge in [-0.3, -0.25) is 14.9 Å². The van der Waals surface area contributed by atoms with Crippen molar-refractivity contribution in [2.75, 3.05) is 31.6 Å². The monoisotopic (exact) mass is 503 g/mol. The van der Waals surface area contributed by atoms with E-state index in [2.05, 4.69) is 30.3 Å². The van der Waals surface area contributed by atoms with Crippen molar-refractivity contribution < 1.29 is 19.3 Å². The lowest BCUT2D eigenvalue weighted by Gasteiger charge is -2.41. The number of aryl methyl sites for hydroxylation is 1. The van der Waals surface area contributed by atoms with Crippen LogP contribution in [0.5, 0.6) is 0 Å². The van der Waals surface area contributed by atoms with Crippen molar-refractivity contribution in [1.82, 2.24) is 24.5 Å². The lowest BCUT2D eigenvalue weighted by Crippen LogP contribution is -2.53. The average molecular weight is 504 g/mol. The summed E-state index contributed by atoms with van der Waals surface area (Å²) >= 11 is 0. The van der Waals surface area contributed by atoms with E-state index in [-0.39, 0.29) is 20.3 Å². The molecule has 0 spiro atoms. The Labute approximate surface area is 209 Å². The minimum absolute atomic E-state index is 0. The van der Waals surface area contributed by atoms with Gasteiger partial charge in [0.25, 0.3) is 0 Å². The molecule has 3 aromatic heterocycles. The lowest BCUT2D eigenvalue weighted by atomic mass is 10.0. The Hall–Kier alpha value is -3.05. The van der Waals surface area contributed by atoms with Crippen LogP contribution in [0.3, 0.4) is 0 Å². The number of piperidine rings is 1. The zero-order valence-corrected chi connectivity index (χ0v) is 20.4. The fourth-order valence-electron chi connectivity index (χ4n) is 4.67. The topological polar surface area (TPSA) is 79.9 Å². The van der Waals surface area contributed by atoms with Crippen LogP contribution in [-0.2, 0) is 4.74 Å². The fourth-order valence-corrected chi connectivity index (χ4v) is 4.67. The first-order valence-electron chi connectivity index (χ1n) is 12.3. The Morgan fingerprint density at radius 3 is 2.72 bits per heavy atom. The van der Waals surface area contributed by atoms with E-state index in [0.29, 0.717) is 45.9 Å². The molecule has 0 amide bonds. The Morgan fingerprint density at radius 2 is 2.06 bits per heavy atom. The molecule has 0 saturated carbocycles. The van der Waals surface area contributed by atoms with Crippen molar-refractivity contribution in [2.24, 2.45) is 4.99 Å². The molecule has 194 valence electrons. The minimum Gasteiger partial charge on any atom is -0.378 e. The highest BCUT2D eigenvalue weighted by molar-refractivity contribution is 5.85. The molecule has 5 heterocycles. The SMILES string of the molecule is CC(CCC(F)F)=Nc1ccc(-c2c(F)cn3nc(NC4CCN(C5COC5)CC4)ncc23)nc1C.[HH]. The van der Waals surface area contributed by atoms with Crippen LogP contribution in [-0.4, -0.2) is 75.0 Å². The second kappa shape index (κ2) is 10.5. The van der Waals surface area contributed by atoms with E-state index in [1.165, 1.54) is 10.7 Å². The van der Waals surface area contributed by atoms with Crippen LogP contribution in [0.2, 0.25) is 0 Å². The molecule has 8 nitrogen and oxygen atoms in total. The molecule has 11 heteroatoms. The number of halogens is 3. The third-order valence-electron chi connectivity index (χ3n) is 6.84. The second-order valence-corrected chi connectivity index (χ2v) is 9.49. The molecule has 2 fully saturated rings. The van der Waals surface area contributed by atoms with Gasteiger partial charge in [-0.15, -0.1) is 5.10 Å². The summed E-state index contributed by atoms with van der Waals surface area (Å²) in [6, 6.07) is 4.22. The molecule has 5 rings (SSSR count). The second-order valence-electron chi connectivity index (χ2n) is 9.49. The van der Waals surface area contributed by atoms with E-state index in [9.17, 15) is 13.2 Å². The Kier molecular flexibility index (Phi) is 7.20. The van der Waals surface area contributed by atoms with Crippen molar-refractivity contribution in [3.8, 4) is 11.3 Å². The Bertz CT molecular complexity index is 1260. The molecular weight excluding hydrogens is 471 g/mol. The van der Waals surface area contributed by atoms with Gasteiger partial charge in [-0.25, -0.2) is 22.7 Å². The maximum atomic E-state index is 15.0. The number of likely N-dealkylation sites (tertiary alicyclic amines) is 1. The molecule has 2 aliphatic rings. The highest BCUT2D eigenvalue weighted by atomic mass is 19.3. The summed E-state index contributed by atoms with van der Waals surface area (Å²) in [6.07, 6.45) is 2.53. The van der Waals surface area contributed by atoms with E-state index in [1.807, 2.05) is 0 Å². The number of fused-ring (bicyclic) bond motifs is 1. The number of anilines is 1. The van der Waals surface area contributed by atoms with Crippen molar-refractivity contribution in [2.45, 2.75) is 58.0 Å². The zero-order valence-electron chi connectivity index (χ0n) is 20.4. The maximum Gasteiger partial charge on any atom is 0.241 e. The number of hydrogen-bond acceptors (Lipinski definition) is 7. The number of ether oxygens (including phenoxy) is 1. The molecule has 3 aromatic rings. The first-order valence-corrected chi connectivity index (χ1v) is 12.3. The molecule has 1 N–H and O–H groups in total. The van der Waals surface area contributed by atoms with E-state index >= 15 is 0 Å². The van der Waals surface area contributed by atoms with Crippen LogP contribution in [0.4, 0.5) is 24.8 Å². The Balaban J connectivity index is 0.00000320. The quantitative estimate of drug-likeness (QED) is 0.441. The van der Waals surface area contributed by atoms with Gasteiger partial charge in [-0.2, -0.15) is 0 Å². The van der Waals surface area contributed by atoms with Gasteiger partial charge in [0.2, 0.25) is 12.4 Å². The van der Waals surface area contributed by atoms with Gasteiger partial charge >= 0.3 is 0 Å². The Morgan fingerprint density at radius 1 is 1.28 bits per heavy atom. The van der Waals surface area contributed by atoms with Gasteiger partial charge in [-0.05, 0) is 45.2 Å². The van der Waals surface area contributed by atoms with E-state index < -0.39 is 12.2 Å². The summed E-state index contributed by atoms with van der Waals surface area (Å²) in [6.45, 7) is 7.14. The molecule has 2 aliphatic heterocycles. The number of rotatable bonds is 8. The maximum absolute atomic E-state index is 15.0. The first kappa shape index (κ1) is 24.6. The van der Waals surface area contributed by atoms with Crippen molar-refractivity contribution in [3.05, 3.63) is 36.0 Å². The van der Waals surface area contributed by atoms with Crippen LogP contribution in [0, 0.1) is 12.7 Å². The van der Waals surface area contributed by atoms with E-state index in [0.717, 1.165) is 39.1 Å². The summed E-state index contributed by atoms with van der Waals surface area (Å²) in [7, 11) is 0. The number of aromatic nitrogens is 4. The molecule has 0 bridgehead atoms. The number of nitrogens with one attached hydrogen (secondary N) is 1. The summed E-state index contributed by atoms with van der Waals surface area (Å²) in [5, 5.41) is 7.87. The van der Waals surface area contributed by atoms with Gasteiger partial charge in [0, 0.05) is 32.7 Å². The van der Waals surface area contributed by atoms with Gasteiger partial charge in [0.1, 0.15) is 0 Å². The number of aliphatic imine (C=N–C) groups is 1. The van der Waals surface area contributed by atoms with Crippen molar-refractivity contribution >= 4 is 22.9 Å². The molecule has 0 aromatic carbocycles. The number of alkyl halides is 2. The smallest absolute Gasteiger partial charge is 0.241 e. The third-order valence-corrected chi connectivity index (χ3v) is 6.84. The van der Waals surface area contributed by atoms with Crippen LogP contribution < -0.4 is 5.32 Å². The van der Waals surface area contributed by atoms with Gasteiger partial charge in [0.05, 0.1) is 59.8 Å². The van der Waals surface area contributed by atoms with Gasteiger partial charge in [0.15, 0.2) is 5.82 Å². The number of pyridine rings is 1. The van der Waals surface area contributed by atoms with Crippen LogP contribution in [0.15, 0.2) is 29.5 Å². The molecular formula is C25H32F3N7O. The summed E-state index contributed by atoms with van der Waals surface area (Å²) < 4.78 is 46.7. The molecule has 0 aliphatic carbocycles. The van der Waals surface area contributed by atoms with Gasteiger partial charge in [-0.1, -0.05) is 0 Å². The zero-order chi connectivity index (χ0) is 25.2. The number of hydrogen-bond donors (Lipinski definition) is 1. The highest BCUT2D eigenvalue weighted by Crippen LogP contribution is 2.30. The third kappa shape index (κ3) is 5.36. The standard InChI is InChI=1S/C25H30F3N7O.H2/c1-15(3-6-23(27)28)30-20-4-5-21(31-16(20)2)24-19(26)12-35-22(24)11-29-25(33-35)32-17-7-9-34(10-8-17)18-13-36-14-18;/h4-5,11-12,17-18,23H,3,6-10,13-14H2,1-2H3,(H,32,33);1H. The highest BCUT2D eigenvalue weighted by Gasteiger charge is 2.30. The predicted molar refractivity (Wildman–Crippen MR) is 134 cm³/mol. The molecule has 2 saturated heterocycles. The first-order chi connectivity index (χ1) is 17.4. The van der Waals surface area contributed by atoms with E-state index in [1.54, 1.807) is 32.2 Å². The van der Waals surface area contributed by atoms with Crippen molar-refractivity contribution in [3.63, 3.8) is 0 Å². The average Bonchev–Trinajstić information content (AvgIpc) is 3.14. The summed E-state index contributed by atoms with van der Waals surface area (Å²) in [4.78, 5) is 15.8. The lowest BCUT2D eigenvalue weighted by molar-refractivity contribution is -0.0705.